The van der Waals surface area contributed by atoms with Crippen LogP contribution in [-0.4, -0.2) is 18.3 Å². The SMILES string of the molecule is C=C(/C=N\C=C(/C)NC1CCC(N)CC1)C1=CC(CCC)=C(CC)CC1. The normalized spacial score (nSPS) is 24.8. The highest BCUT2D eigenvalue weighted by Crippen LogP contribution is 2.31. The van der Waals surface area contributed by atoms with E-state index in [9.17, 15) is 0 Å². The summed E-state index contributed by atoms with van der Waals surface area (Å²) in [6, 6.07) is 0.932. The van der Waals surface area contributed by atoms with Crippen molar-refractivity contribution in [3.05, 3.63) is 46.8 Å². The smallest absolute Gasteiger partial charge is 0.0454 e. The van der Waals surface area contributed by atoms with Gasteiger partial charge in [-0.15, -0.1) is 0 Å². The van der Waals surface area contributed by atoms with E-state index in [1.807, 2.05) is 12.4 Å². The predicted octanol–water partition coefficient (Wildman–Crippen LogP) is 5.56. The summed E-state index contributed by atoms with van der Waals surface area (Å²) in [5.74, 6) is 0. The Morgan fingerprint density at radius 2 is 2.00 bits per heavy atom. The van der Waals surface area contributed by atoms with E-state index < -0.39 is 0 Å². The van der Waals surface area contributed by atoms with Gasteiger partial charge >= 0.3 is 0 Å². The van der Waals surface area contributed by atoms with Gasteiger partial charge in [-0.25, -0.2) is 0 Å². The Morgan fingerprint density at radius 3 is 2.65 bits per heavy atom. The molecule has 0 aromatic heterocycles. The fourth-order valence-corrected chi connectivity index (χ4v) is 3.95. The highest BCUT2D eigenvalue weighted by molar-refractivity contribution is 5.84. The molecule has 0 unspecified atom stereocenters. The van der Waals surface area contributed by atoms with E-state index in [0.717, 1.165) is 43.4 Å². The van der Waals surface area contributed by atoms with Crippen LogP contribution in [0.5, 0.6) is 0 Å². The number of hydrogen-bond acceptors (Lipinski definition) is 3. The van der Waals surface area contributed by atoms with Crippen LogP contribution in [0.3, 0.4) is 0 Å². The summed E-state index contributed by atoms with van der Waals surface area (Å²) < 4.78 is 0. The van der Waals surface area contributed by atoms with Crippen molar-refractivity contribution in [2.24, 2.45) is 10.7 Å². The molecule has 26 heavy (non-hydrogen) atoms. The molecular formula is C23H37N3. The van der Waals surface area contributed by atoms with Gasteiger partial charge in [-0.1, -0.05) is 38.5 Å². The van der Waals surface area contributed by atoms with E-state index in [1.54, 1.807) is 5.57 Å². The molecule has 2 rings (SSSR count). The monoisotopic (exact) mass is 355 g/mol. The third kappa shape index (κ3) is 6.28. The van der Waals surface area contributed by atoms with Gasteiger partial charge in [0, 0.05) is 30.2 Å². The number of nitrogens with one attached hydrogen (secondary N) is 1. The summed E-state index contributed by atoms with van der Waals surface area (Å²) in [5.41, 5.74) is 12.6. The molecule has 3 N–H and O–H groups in total. The molecule has 0 heterocycles. The molecule has 3 nitrogen and oxygen atoms in total. The van der Waals surface area contributed by atoms with E-state index in [1.165, 1.54) is 36.8 Å². The minimum Gasteiger partial charge on any atom is -0.385 e. The first-order valence-electron chi connectivity index (χ1n) is 10.4. The first-order valence-corrected chi connectivity index (χ1v) is 10.4. The van der Waals surface area contributed by atoms with Gasteiger partial charge in [0.15, 0.2) is 0 Å². The largest absolute Gasteiger partial charge is 0.385 e. The van der Waals surface area contributed by atoms with E-state index in [2.05, 4.69) is 43.7 Å². The van der Waals surface area contributed by atoms with Crippen molar-refractivity contribution in [1.82, 2.24) is 5.32 Å². The zero-order valence-electron chi connectivity index (χ0n) is 17.0. The van der Waals surface area contributed by atoms with Gasteiger partial charge in [0.05, 0.1) is 0 Å². The highest BCUT2D eigenvalue weighted by atomic mass is 14.9. The van der Waals surface area contributed by atoms with Crippen LogP contribution in [-0.2, 0) is 0 Å². The van der Waals surface area contributed by atoms with Crippen LogP contribution in [0.2, 0.25) is 0 Å². The molecule has 0 aliphatic heterocycles. The first kappa shape index (κ1) is 20.7. The maximum atomic E-state index is 5.97. The molecule has 2 aliphatic rings. The molecule has 2 aliphatic carbocycles. The highest BCUT2D eigenvalue weighted by Gasteiger charge is 2.18. The number of aliphatic imine (C=N–C) groups is 1. The van der Waals surface area contributed by atoms with Gasteiger partial charge in [0.25, 0.3) is 0 Å². The topological polar surface area (TPSA) is 50.4 Å². The second-order valence-corrected chi connectivity index (χ2v) is 7.77. The Hall–Kier alpha value is -1.61. The molecule has 0 saturated heterocycles. The average Bonchev–Trinajstić information content (AvgIpc) is 2.63. The van der Waals surface area contributed by atoms with E-state index in [-0.39, 0.29) is 0 Å². The fourth-order valence-electron chi connectivity index (χ4n) is 3.95. The predicted molar refractivity (Wildman–Crippen MR) is 114 cm³/mol. The Labute approximate surface area is 160 Å². The number of nitrogens with two attached hydrogens (primary N) is 1. The van der Waals surface area contributed by atoms with Crippen LogP contribution in [0.1, 0.15) is 78.6 Å². The molecule has 0 bridgehead atoms. The van der Waals surface area contributed by atoms with Crippen molar-refractivity contribution in [2.75, 3.05) is 0 Å². The van der Waals surface area contributed by atoms with Gasteiger partial charge in [-0.05, 0) is 75.0 Å². The zero-order chi connectivity index (χ0) is 18.9. The van der Waals surface area contributed by atoms with Crippen LogP contribution < -0.4 is 11.1 Å². The van der Waals surface area contributed by atoms with Crippen LogP contribution in [0, 0.1) is 0 Å². The summed E-state index contributed by atoms with van der Waals surface area (Å²) in [6.07, 6.45) is 16.5. The van der Waals surface area contributed by atoms with E-state index in [0.29, 0.717) is 12.1 Å². The summed E-state index contributed by atoms with van der Waals surface area (Å²) in [6.45, 7) is 10.8. The molecule has 0 aromatic rings. The van der Waals surface area contributed by atoms with Crippen molar-refractivity contribution < 1.29 is 0 Å². The zero-order valence-corrected chi connectivity index (χ0v) is 17.0. The molecular weight excluding hydrogens is 318 g/mol. The summed E-state index contributed by atoms with van der Waals surface area (Å²) in [5, 5.41) is 3.57. The Morgan fingerprint density at radius 1 is 1.27 bits per heavy atom. The molecule has 3 heteroatoms. The molecule has 0 aromatic carbocycles. The molecule has 0 amide bonds. The van der Waals surface area contributed by atoms with Gasteiger partial charge < -0.3 is 11.1 Å². The van der Waals surface area contributed by atoms with Crippen molar-refractivity contribution in [2.45, 2.75) is 90.6 Å². The van der Waals surface area contributed by atoms with Crippen molar-refractivity contribution in [3.63, 3.8) is 0 Å². The standard InChI is InChI=1S/C23H37N3/c1-5-7-21-14-20(9-8-19(21)6-2)17(3)15-25-16-18(4)26-23-12-10-22(24)11-13-23/h14-16,22-23,26H,3,5-13,24H2,1-2,4H3/b18-16+,25-15-. The van der Waals surface area contributed by atoms with Gasteiger partial charge in [0.2, 0.25) is 0 Å². The maximum absolute atomic E-state index is 5.97. The second-order valence-electron chi connectivity index (χ2n) is 7.77. The lowest BCUT2D eigenvalue weighted by atomic mass is 9.86. The number of hydrogen-bond donors (Lipinski definition) is 2. The minimum atomic E-state index is 0.391. The minimum absolute atomic E-state index is 0.391. The van der Waals surface area contributed by atoms with Crippen LogP contribution in [0.25, 0.3) is 0 Å². The lowest BCUT2D eigenvalue weighted by Crippen LogP contribution is -2.36. The van der Waals surface area contributed by atoms with Crippen molar-refractivity contribution in [3.8, 4) is 0 Å². The lowest BCUT2D eigenvalue weighted by molar-refractivity contribution is 0.360. The number of rotatable bonds is 8. The molecule has 0 radical (unpaired) electrons. The quantitative estimate of drug-likeness (QED) is 0.560. The first-order chi connectivity index (χ1) is 12.5. The Balaban J connectivity index is 1.91. The van der Waals surface area contributed by atoms with Gasteiger partial charge in [0.1, 0.15) is 0 Å². The molecule has 0 spiro atoms. The second kappa shape index (κ2) is 10.5. The van der Waals surface area contributed by atoms with Crippen molar-refractivity contribution in [1.29, 1.82) is 0 Å². The van der Waals surface area contributed by atoms with Crippen LogP contribution in [0.4, 0.5) is 0 Å². The third-order valence-electron chi connectivity index (χ3n) is 5.56. The molecule has 1 saturated carbocycles. The number of nitrogens with zero attached hydrogens (tertiary/aromatic N) is 1. The maximum Gasteiger partial charge on any atom is 0.0454 e. The third-order valence-corrected chi connectivity index (χ3v) is 5.56. The average molecular weight is 356 g/mol. The molecule has 0 atom stereocenters. The number of allylic oxidation sites excluding steroid dienone is 6. The van der Waals surface area contributed by atoms with E-state index >= 15 is 0 Å². The lowest BCUT2D eigenvalue weighted by Gasteiger charge is -2.27. The Kier molecular flexibility index (Phi) is 8.37. The van der Waals surface area contributed by atoms with Crippen molar-refractivity contribution >= 4 is 6.21 Å². The Bertz CT molecular complexity index is 599. The molecule has 1 fully saturated rings. The molecule has 144 valence electrons. The fraction of sp³-hybridized carbons (Fsp3) is 0.609. The summed E-state index contributed by atoms with van der Waals surface area (Å²) >= 11 is 0. The van der Waals surface area contributed by atoms with Crippen LogP contribution >= 0.6 is 0 Å². The van der Waals surface area contributed by atoms with Gasteiger partial charge in [-0.2, -0.15) is 0 Å². The summed E-state index contributed by atoms with van der Waals surface area (Å²) in [4.78, 5) is 4.51. The van der Waals surface area contributed by atoms with Gasteiger partial charge in [-0.3, -0.25) is 4.99 Å². The van der Waals surface area contributed by atoms with Crippen LogP contribution in [0.15, 0.2) is 51.8 Å². The summed E-state index contributed by atoms with van der Waals surface area (Å²) in [7, 11) is 0. The van der Waals surface area contributed by atoms with E-state index in [4.69, 9.17) is 5.73 Å².